The van der Waals surface area contributed by atoms with Crippen LogP contribution in [0.4, 0.5) is 0 Å². The van der Waals surface area contributed by atoms with E-state index in [2.05, 4.69) is 0 Å². The third kappa shape index (κ3) is 3.96. The third-order valence-corrected chi connectivity index (χ3v) is 2.97. The molecule has 104 valence electrons. The molecule has 0 radical (unpaired) electrons. The van der Waals surface area contributed by atoms with Crippen LogP contribution in [-0.4, -0.2) is 23.0 Å². The van der Waals surface area contributed by atoms with E-state index in [4.69, 9.17) is 16.3 Å². The molecule has 19 heavy (non-hydrogen) atoms. The molecule has 0 saturated carbocycles. The van der Waals surface area contributed by atoms with Crippen molar-refractivity contribution in [3.63, 3.8) is 0 Å². The molecule has 0 spiro atoms. The van der Waals surface area contributed by atoms with Crippen molar-refractivity contribution in [2.45, 2.75) is 32.8 Å². The Balaban J connectivity index is 3.03. The summed E-state index contributed by atoms with van der Waals surface area (Å²) in [6.07, 6.45) is 1.02. The first kappa shape index (κ1) is 15.5. The molecule has 0 aliphatic carbocycles. The highest BCUT2D eigenvalue weighted by molar-refractivity contribution is 6.32. The van der Waals surface area contributed by atoms with Gasteiger partial charge in [-0.15, -0.1) is 0 Å². The molecule has 5 heteroatoms. The number of hydrogen-bond donors (Lipinski definition) is 1. The number of aliphatic carboxylic acids is 1. The summed E-state index contributed by atoms with van der Waals surface area (Å²) < 4.78 is 5.56. The second kappa shape index (κ2) is 6.06. The van der Waals surface area contributed by atoms with Crippen LogP contribution in [0.25, 0.3) is 0 Å². The molecule has 1 aromatic rings. The average Bonchev–Trinajstić information content (AvgIpc) is 2.30. The molecule has 1 rings (SSSR count). The van der Waals surface area contributed by atoms with Crippen molar-refractivity contribution in [3.8, 4) is 5.75 Å². The maximum Gasteiger partial charge on any atom is 0.347 e. The van der Waals surface area contributed by atoms with Crippen molar-refractivity contribution >= 4 is 23.9 Å². The van der Waals surface area contributed by atoms with Gasteiger partial charge in [0.15, 0.2) is 0 Å². The van der Waals surface area contributed by atoms with E-state index in [1.54, 1.807) is 0 Å². The Morgan fingerprint density at radius 3 is 2.58 bits per heavy atom. The molecule has 1 N–H and O–H groups in total. The lowest BCUT2D eigenvalue weighted by atomic mass is 9.94. The van der Waals surface area contributed by atoms with Gasteiger partial charge in [-0.3, -0.25) is 4.79 Å². The monoisotopic (exact) mass is 284 g/mol. The van der Waals surface area contributed by atoms with Crippen LogP contribution in [0, 0.1) is 5.92 Å². The van der Waals surface area contributed by atoms with Gasteiger partial charge in [0.25, 0.3) is 0 Å². The summed E-state index contributed by atoms with van der Waals surface area (Å²) in [5.74, 6) is -0.622. The van der Waals surface area contributed by atoms with Gasteiger partial charge in [0, 0.05) is 12.0 Å². The molecule has 0 aliphatic heterocycles. The molecule has 0 aromatic heterocycles. The Morgan fingerprint density at radius 1 is 1.53 bits per heavy atom. The molecular weight excluding hydrogens is 268 g/mol. The first-order valence-corrected chi connectivity index (χ1v) is 6.33. The fourth-order valence-electron chi connectivity index (χ4n) is 1.87. The summed E-state index contributed by atoms with van der Waals surface area (Å²) in [5.41, 5.74) is -0.932. The Bertz CT molecular complexity index is 484. The number of carboxylic acid groups (broad SMARTS) is 1. The summed E-state index contributed by atoms with van der Waals surface area (Å²) in [7, 11) is 0. The molecule has 0 aliphatic rings. The molecule has 1 aromatic carbocycles. The fourth-order valence-corrected chi connectivity index (χ4v) is 2.10. The maximum atomic E-state index is 11.4. The van der Waals surface area contributed by atoms with Crippen LogP contribution < -0.4 is 4.74 Å². The second-order valence-electron chi connectivity index (χ2n) is 5.04. The van der Waals surface area contributed by atoms with Crippen molar-refractivity contribution < 1.29 is 19.4 Å². The number of carbonyl (C=O) groups excluding carboxylic acids is 1. The molecular formula is C14H17ClO4. The smallest absolute Gasteiger partial charge is 0.347 e. The number of halogens is 1. The van der Waals surface area contributed by atoms with E-state index in [-0.39, 0.29) is 16.7 Å². The lowest BCUT2D eigenvalue weighted by Gasteiger charge is -2.28. The molecule has 1 atom stereocenters. The minimum absolute atomic E-state index is 0.161. The van der Waals surface area contributed by atoms with Gasteiger partial charge < -0.3 is 9.84 Å². The number of carboxylic acids is 1. The summed E-state index contributed by atoms with van der Waals surface area (Å²) in [6, 6.07) is 4.49. The van der Waals surface area contributed by atoms with E-state index in [1.165, 1.54) is 25.1 Å². The number of benzene rings is 1. The largest absolute Gasteiger partial charge is 0.478 e. The van der Waals surface area contributed by atoms with E-state index in [0.717, 1.165) is 0 Å². The molecule has 0 fully saturated rings. The van der Waals surface area contributed by atoms with E-state index >= 15 is 0 Å². The molecule has 4 nitrogen and oxygen atoms in total. The molecule has 0 saturated heterocycles. The number of aldehydes is 1. The zero-order valence-corrected chi connectivity index (χ0v) is 11.9. The first-order chi connectivity index (χ1) is 8.78. The first-order valence-electron chi connectivity index (χ1n) is 5.95. The predicted octanol–water partition coefficient (Wildman–Crippen LogP) is 3.42. The van der Waals surface area contributed by atoms with Crippen LogP contribution >= 0.6 is 11.6 Å². The quantitative estimate of drug-likeness (QED) is 0.813. The highest BCUT2D eigenvalue weighted by atomic mass is 35.5. The average molecular weight is 285 g/mol. The summed E-state index contributed by atoms with van der Waals surface area (Å²) in [5, 5.41) is 9.53. The molecule has 0 heterocycles. The number of ether oxygens (including phenoxy) is 1. The molecule has 0 bridgehead atoms. The van der Waals surface area contributed by atoms with Crippen LogP contribution in [0.2, 0.25) is 5.02 Å². The van der Waals surface area contributed by atoms with Gasteiger partial charge in [-0.05, 0) is 31.0 Å². The van der Waals surface area contributed by atoms with Crippen LogP contribution in [0.5, 0.6) is 5.75 Å². The summed E-state index contributed by atoms with van der Waals surface area (Å²) >= 11 is 5.98. The fraction of sp³-hybridized carbons (Fsp3) is 0.429. The van der Waals surface area contributed by atoms with Crippen molar-refractivity contribution in [3.05, 3.63) is 28.8 Å². The lowest BCUT2D eigenvalue weighted by molar-refractivity contribution is -0.155. The molecule has 0 amide bonds. The highest BCUT2D eigenvalue weighted by Gasteiger charge is 2.36. The van der Waals surface area contributed by atoms with Gasteiger partial charge in [-0.1, -0.05) is 25.4 Å². The normalized spacial score (nSPS) is 13.9. The number of carbonyl (C=O) groups is 2. The van der Waals surface area contributed by atoms with E-state index in [1.807, 2.05) is 13.8 Å². The zero-order chi connectivity index (χ0) is 14.6. The van der Waals surface area contributed by atoms with Crippen molar-refractivity contribution in [2.75, 3.05) is 0 Å². The van der Waals surface area contributed by atoms with Crippen molar-refractivity contribution in [1.82, 2.24) is 0 Å². The van der Waals surface area contributed by atoms with Crippen LogP contribution in [0.1, 0.15) is 37.6 Å². The van der Waals surface area contributed by atoms with E-state index in [9.17, 15) is 14.7 Å². The van der Waals surface area contributed by atoms with Gasteiger partial charge in [0.1, 0.15) is 12.0 Å². The van der Waals surface area contributed by atoms with Crippen LogP contribution in [0.3, 0.4) is 0 Å². The lowest BCUT2D eigenvalue weighted by Crippen LogP contribution is -2.42. The Hall–Kier alpha value is -1.55. The van der Waals surface area contributed by atoms with Crippen molar-refractivity contribution in [2.24, 2.45) is 5.92 Å². The minimum Gasteiger partial charge on any atom is -0.478 e. The summed E-state index contributed by atoms with van der Waals surface area (Å²) in [4.78, 5) is 22.0. The minimum atomic E-state index is -1.35. The van der Waals surface area contributed by atoms with Crippen LogP contribution in [-0.2, 0) is 4.79 Å². The van der Waals surface area contributed by atoms with Gasteiger partial charge in [-0.2, -0.15) is 0 Å². The Labute approximate surface area is 117 Å². The predicted molar refractivity (Wildman–Crippen MR) is 73.0 cm³/mol. The van der Waals surface area contributed by atoms with Gasteiger partial charge in [0.2, 0.25) is 5.60 Å². The Morgan fingerprint density at radius 2 is 2.16 bits per heavy atom. The molecule has 1 unspecified atom stereocenters. The zero-order valence-electron chi connectivity index (χ0n) is 11.1. The standard InChI is InChI=1S/C14H17ClO4/c1-9(2)7-14(3,13(17)18)19-12-5-4-10(8-16)6-11(12)15/h4-6,8-9H,7H2,1-3H3,(H,17,18). The third-order valence-electron chi connectivity index (χ3n) is 2.68. The summed E-state index contributed by atoms with van der Waals surface area (Å²) in [6.45, 7) is 5.35. The maximum absolute atomic E-state index is 11.4. The van der Waals surface area contributed by atoms with Crippen molar-refractivity contribution in [1.29, 1.82) is 0 Å². The number of rotatable bonds is 6. The van der Waals surface area contributed by atoms with Gasteiger partial charge in [-0.25, -0.2) is 4.79 Å². The topological polar surface area (TPSA) is 63.6 Å². The van der Waals surface area contributed by atoms with E-state index in [0.29, 0.717) is 18.3 Å². The highest BCUT2D eigenvalue weighted by Crippen LogP contribution is 2.31. The van der Waals surface area contributed by atoms with E-state index < -0.39 is 11.6 Å². The number of hydrogen-bond acceptors (Lipinski definition) is 3. The SMILES string of the molecule is CC(C)CC(C)(Oc1ccc(C=O)cc1Cl)C(=O)O. The van der Waals surface area contributed by atoms with Gasteiger partial charge >= 0.3 is 5.97 Å². The van der Waals surface area contributed by atoms with Crippen LogP contribution in [0.15, 0.2) is 18.2 Å². The Kier molecular flexibility index (Phi) is 4.95. The second-order valence-corrected chi connectivity index (χ2v) is 5.45. The van der Waals surface area contributed by atoms with Gasteiger partial charge in [0.05, 0.1) is 5.02 Å².